The maximum Gasteiger partial charge on any atom is 0.356 e. The van der Waals surface area contributed by atoms with Crippen LogP contribution in [0.25, 0.3) is 0 Å². The van der Waals surface area contributed by atoms with Crippen LogP contribution in [0.5, 0.6) is 0 Å². The minimum atomic E-state index is -0.797. The van der Waals surface area contributed by atoms with Gasteiger partial charge in [0, 0.05) is 0 Å². The molecule has 0 spiro atoms. The Morgan fingerprint density at radius 3 is 1.95 bits per heavy atom. The van der Waals surface area contributed by atoms with Crippen molar-refractivity contribution < 1.29 is 28.5 Å². The Kier molecular flexibility index (Phi) is 10.1. The van der Waals surface area contributed by atoms with Crippen LogP contribution in [-0.2, 0) is 49.9 Å². The first kappa shape index (κ1) is 29.2. The van der Waals surface area contributed by atoms with Gasteiger partial charge in [-0.25, -0.2) is 9.78 Å². The zero-order chi connectivity index (χ0) is 29.1. The van der Waals surface area contributed by atoms with Gasteiger partial charge in [-0.05, 0) is 16.7 Å². The second kappa shape index (κ2) is 14.5. The van der Waals surface area contributed by atoms with Gasteiger partial charge in [0.1, 0.15) is 18.3 Å². The number of rotatable bonds is 13. The van der Waals surface area contributed by atoms with E-state index in [1.165, 1.54) is 13.4 Å². The average molecular weight is 568 g/mol. The van der Waals surface area contributed by atoms with E-state index in [0.29, 0.717) is 25.5 Å². The number of hydrogen-bond donors (Lipinski definition) is 0. The molecule has 1 aliphatic rings. The quantitative estimate of drug-likeness (QED) is 0.208. The minimum absolute atomic E-state index is 0.0583. The third kappa shape index (κ3) is 7.11. The predicted molar refractivity (Wildman–Crippen MR) is 153 cm³/mol. The lowest BCUT2D eigenvalue weighted by Gasteiger charge is -2.26. The Balaban J connectivity index is 1.46. The standard InChI is InChI=1S/C33H33N3O6/c1-38-33(37)29-27(17-18-34)35-23-36(29)32-31(41-21-26-15-9-4-10-16-26)30(40-20-25-13-7-3-8-14-25)28(42-32)22-39-19-24-11-5-2-6-12-24/h2-16,23,28,30-32H,17,19-22H2,1H3/t28-,30-,31+,32-/m1/s1. The summed E-state index contributed by atoms with van der Waals surface area (Å²) in [7, 11) is 1.29. The molecule has 5 rings (SSSR count). The van der Waals surface area contributed by atoms with Gasteiger partial charge in [-0.15, -0.1) is 0 Å². The van der Waals surface area contributed by atoms with Crippen molar-refractivity contribution in [3.63, 3.8) is 0 Å². The molecule has 0 N–H and O–H groups in total. The topological polar surface area (TPSA) is 105 Å². The maximum atomic E-state index is 12.9. The summed E-state index contributed by atoms with van der Waals surface area (Å²) < 4.78 is 32.3. The highest BCUT2D eigenvalue weighted by Gasteiger charge is 2.48. The average Bonchev–Trinajstić information content (AvgIpc) is 3.61. The fraction of sp³-hybridized carbons (Fsp3) is 0.303. The van der Waals surface area contributed by atoms with Gasteiger partial charge in [-0.2, -0.15) is 5.26 Å². The van der Waals surface area contributed by atoms with Crippen molar-refractivity contribution in [2.45, 2.75) is 50.8 Å². The van der Waals surface area contributed by atoms with Crippen LogP contribution in [0.3, 0.4) is 0 Å². The molecule has 4 atom stereocenters. The summed E-state index contributed by atoms with van der Waals surface area (Å²) >= 11 is 0. The first-order valence-electron chi connectivity index (χ1n) is 13.8. The maximum absolute atomic E-state index is 12.9. The van der Waals surface area contributed by atoms with E-state index in [1.54, 1.807) is 4.57 Å². The molecule has 0 unspecified atom stereocenters. The molecule has 4 aromatic rings. The van der Waals surface area contributed by atoms with Crippen molar-refractivity contribution in [1.82, 2.24) is 9.55 Å². The monoisotopic (exact) mass is 567 g/mol. The fourth-order valence-electron chi connectivity index (χ4n) is 4.96. The molecule has 1 aliphatic heterocycles. The number of carbonyl (C=O) groups is 1. The van der Waals surface area contributed by atoms with Crippen molar-refractivity contribution in [2.75, 3.05) is 13.7 Å². The van der Waals surface area contributed by atoms with E-state index < -0.39 is 30.5 Å². The molecule has 1 fully saturated rings. The van der Waals surface area contributed by atoms with Crippen LogP contribution >= 0.6 is 0 Å². The Morgan fingerprint density at radius 2 is 1.40 bits per heavy atom. The smallest absolute Gasteiger partial charge is 0.356 e. The Bertz CT molecular complexity index is 1460. The number of methoxy groups -OCH3 is 1. The molecule has 42 heavy (non-hydrogen) atoms. The number of imidazole rings is 1. The van der Waals surface area contributed by atoms with E-state index in [-0.39, 0.29) is 18.7 Å². The van der Waals surface area contributed by atoms with Crippen LogP contribution in [-0.4, -0.2) is 47.5 Å². The molecule has 216 valence electrons. The van der Waals surface area contributed by atoms with Gasteiger partial charge in [-0.3, -0.25) is 4.57 Å². The molecule has 3 aromatic carbocycles. The van der Waals surface area contributed by atoms with E-state index >= 15 is 0 Å². The van der Waals surface area contributed by atoms with E-state index in [1.807, 2.05) is 91.0 Å². The van der Waals surface area contributed by atoms with Crippen LogP contribution in [0.15, 0.2) is 97.3 Å². The van der Waals surface area contributed by atoms with E-state index in [4.69, 9.17) is 23.7 Å². The number of nitrogens with zero attached hydrogens (tertiary/aromatic N) is 3. The molecule has 9 nitrogen and oxygen atoms in total. The first-order valence-corrected chi connectivity index (χ1v) is 13.8. The highest BCUT2D eigenvalue weighted by Crippen LogP contribution is 2.37. The summed E-state index contributed by atoms with van der Waals surface area (Å²) in [5.74, 6) is -0.617. The molecule has 0 amide bonds. The highest BCUT2D eigenvalue weighted by atomic mass is 16.6. The molecule has 0 saturated carbocycles. The normalized spacial score (nSPS) is 19.8. The minimum Gasteiger partial charge on any atom is -0.464 e. The van der Waals surface area contributed by atoms with Gasteiger partial charge >= 0.3 is 5.97 Å². The summed E-state index contributed by atoms with van der Waals surface area (Å²) in [6.07, 6.45) is -1.10. The molecule has 1 aromatic heterocycles. The van der Waals surface area contributed by atoms with Crippen molar-refractivity contribution in [3.05, 3.63) is 125 Å². The van der Waals surface area contributed by atoms with Crippen LogP contribution in [0.2, 0.25) is 0 Å². The van der Waals surface area contributed by atoms with Crippen molar-refractivity contribution in [3.8, 4) is 6.07 Å². The number of ether oxygens (including phenoxy) is 5. The SMILES string of the molecule is COC(=O)c1c(CC#N)ncn1[C@@H]1O[C@H](COCc2ccccc2)[C@@H](OCc2ccccc2)[C@@H]1OCc1ccccc1. The predicted octanol–water partition coefficient (Wildman–Crippen LogP) is 5.02. The molecule has 2 heterocycles. The van der Waals surface area contributed by atoms with Gasteiger partial charge in [-0.1, -0.05) is 91.0 Å². The summed E-state index contributed by atoms with van der Waals surface area (Å²) in [4.78, 5) is 17.2. The van der Waals surface area contributed by atoms with Crippen molar-refractivity contribution in [2.24, 2.45) is 0 Å². The van der Waals surface area contributed by atoms with Crippen LogP contribution in [0.1, 0.15) is 39.1 Å². The lowest BCUT2D eigenvalue weighted by molar-refractivity contribution is -0.0918. The Morgan fingerprint density at radius 1 is 0.857 bits per heavy atom. The third-order valence-electron chi connectivity index (χ3n) is 7.02. The van der Waals surface area contributed by atoms with Gasteiger partial charge in [0.25, 0.3) is 0 Å². The molecule has 0 bridgehead atoms. The fourth-order valence-corrected chi connectivity index (χ4v) is 4.96. The molecule has 0 aliphatic carbocycles. The van der Waals surface area contributed by atoms with Crippen LogP contribution < -0.4 is 0 Å². The highest BCUT2D eigenvalue weighted by molar-refractivity contribution is 5.89. The summed E-state index contributed by atoms with van der Waals surface area (Å²) in [6.45, 7) is 1.25. The zero-order valence-corrected chi connectivity index (χ0v) is 23.4. The Hall–Kier alpha value is -4.33. The lowest BCUT2D eigenvalue weighted by atomic mass is 10.1. The van der Waals surface area contributed by atoms with Crippen LogP contribution in [0, 0.1) is 11.3 Å². The van der Waals surface area contributed by atoms with Gasteiger partial charge in [0.15, 0.2) is 11.9 Å². The summed E-state index contributed by atoms with van der Waals surface area (Å²) in [5, 5.41) is 9.35. The van der Waals surface area contributed by atoms with Crippen molar-refractivity contribution >= 4 is 5.97 Å². The second-order valence-electron chi connectivity index (χ2n) is 9.86. The second-order valence-corrected chi connectivity index (χ2v) is 9.86. The third-order valence-corrected chi connectivity index (χ3v) is 7.02. The summed E-state index contributed by atoms with van der Waals surface area (Å²) in [6, 6.07) is 31.6. The van der Waals surface area contributed by atoms with Crippen LogP contribution in [0.4, 0.5) is 0 Å². The first-order chi connectivity index (χ1) is 20.7. The molecule has 9 heteroatoms. The number of esters is 1. The van der Waals surface area contributed by atoms with Crippen molar-refractivity contribution in [1.29, 1.82) is 5.26 Å². The lowest BCUT2D eigenvalue weighted by Crippen LogP contribution is -2.38. The molecular weight excluding hydrogens is 534 g/mol. The molecule has 1 saturated heterocycles. The molecular formula is C33H33N3O6. The number of nitriles is 1. The number of carbonyl (C=O) groups excluding carboxylic acids is 1. The largest absolute Gasteiger partial charge is 0.464 e. The van der Waals surface area contributed by atoms with Gasteiger partial charge in [0.05, 0.1) is 58.0 Å². The Labute approximate surface area is 245 Å². The number of benzene rings is 3. The number of hydrogen-bond acceptors (Lipinski definition) is 8. The number of aromatic nitrogens is 2. The van der Waals surface area contributed by atoms with E-state index in [9.17, 15) is 10.1 Å². The van der Waals surface area contributed by atoms with E-state index in [2.05, 4.69) is 11.1 Å². The van der Waals surface area contributed by atoms with Gasteiger partial charge < -0.3 is 23.7 Å². The summed E-state index contributed by atoms with van der Waals surface area (Å²) in [5.41, 5.74) is 3.46. The molecule has 0 radical (unpaired) electrons. The van der Waals surface area contributed by atoms with E-state index in [0.717, 1.165) is 16.7 Å². The zero-order valence-electron chi connectivity index (χ0n) is 23.4. The van der Waals surface area contributed by atoms with Gasteiger partial charge in [0.2, 0.25) is 0 Å².